The Hall–Kier alpha value is -2.82. The standard InChI is InChI=1S/C24H29N3O2/c1-17-16-18-8-4-5-9-21(18)27(17)23(29)24(2,3)22(28)25-19-10-12-20(13-11-19)26-14-6-7-15-26/h4-5,8-13,17H,6-7,14-16H2,1-3H3,(H,25,28). The van der Waals surface area contributed by atoms with Gasteiger partial charge in [-0.25, -0.2) is 0 Å². The molecule has 1 saturated heterocycles. The molecule has 2 aromatic rings. The Morgan fingerprint density at radius 2 is 1.66 bits per heavy atom. The maximum atomic E-state index is 13.4. The molecule has 0 aromatic heterocycles. The molecule has 1 atom stereocenters. The van der Waals surface area contributed by atoms with Gasteiger partial charge in [-0.1, -0.05) is 18.2 Å². The largest absolute Gasteiger partial charge is 0.372 e. The van der Waals surface area contributed by atoms with Crippen LogP contribution in [0.2, 0.25) is 0 Å². The van der Waals surface area contributed by atoms with Crippen molar-refractivity contribution in [2.45, 2.75) is 46.1 Å². The van der Waals surface area contributed by atoms with Gasteiger partial charge in [0.1, 0.15) is 5.41 Å². The summed E-state index contributed by atoms with van der Waals surface area (Å²) in [5.74, 6) is -0.450. The maximum absolute atomic E-state index is 13.4. The molecule has 152 valence electrons. The van der Waals surface area contributed by atoms with Crippen LogP contribution in [-0.2, 0) is 16.0 Å². The minimum atomic E-state index is -1.17. The molecule has 0 aliphatic carbocycles. The fraction of sp³-hybridized carbons (Fsp3) is 0.417. The van der Waals surface area contributed by atoms with Crippen LogP contribution in [0.5, 0.6) is 0 Å². The van der Waals surface area contributed by atoms with Crippen LogP contribution >= 0.6 is 0 Å². The molecule has 5 nitrogen and oxygen atoms in total. The minimum Gasteiger partial charge on any atom is -0.372 e. The van der Waals surface area contributed by atoms with Crippen molar-refractivity contribution < 1.29 is 9.59 Å². The zero-order valence-corrected chi connectivity index (χ0v) is 17.4. The number of hydrogen-bond donors (Lipinski definition) is 1. The average molecular weight is 392 g/mol. The highest BCUT2D eigenvalue weighted by molar-refractivity contribution is 6.15. The van der Waals surface area contributed by atoms with Gasteiger partial charge in [-0.15, -0.1) is 0 Å². The molecule has 1 N–H and O–H groups in total. The fourth-order valence-corrected chi connectivity index (χ4v) is 4.29. The highest BCUT2D eigenvalue weighted by Crippen LogP contribution is 2.36. The first kappa shape index (κ1) is 19.5. The fourth-order valence-electron chi connectivity index (χ4n) is 4.29. The number of carbonyl (C=O) groups is 2. The maximum Gasteiger partial charge on any atom is 0.242 e. The van der Waals surface area contributed by atoms with E-state index in [1.54, 1.807) is 18.7 Å². The van der Waals surface area contributed by atoms with Crippen LogP contribution in [0.25, 0.3) is 0 Å². The van der Waals surface area contributed by atoms with Crippen LogP contribution < -0.4 is 15.1 Å². The summed E-state index contributed by atoms with van der Waals surface area (Å²) in [6.45, 7) is 7.61. The molecule has 0 spiro atoms. The monoisotopic (exact) mass is 391 g/mol. The Morgan fingerprint density at radius 3 is 2.34 bits per heavy atom. The minimum absolute atomic E-state index is 0.0479. The second-order valence-corrected chi connectivity index (χ2v) is 8.68. The van der Waals surface area contributed by atoms with E-state index in [0.717, 1.165) is 30.8 Å². The molecule has 0 saturated carbocycles. The summed E-state index contributed by atoms with van der Waals surface area (Å²) < 4.78 is 0. The number of hydrogen-bond acceptors (Lipinski definition) is 3. The van der Waals surface area contributed by atoms with E-state index < -0.39 is 5.41 Å². The van der Waals surface area contributed by atoms with Gasteiger partial charge in [-0.05, 0) is 75.9 Å². The van der Waals surface area contributed by atoms with E-state index in [1.165, 1.54) is 18.5 Å². The molecule has 29 heavy (non-hydrogen) atoms. The normalized spacial score (nSPS) is 18.7. The van der Waals surface area contributed by atoms with Gasteiger partial charge in [-0.3, -0.25) is 9.59 Å². The summed E-state index contributed by atoms with van der Waals surface area (Å²) >= 11 is 0. The van der Waals surface area contributed by atoms with Gasteiger partial charge in [-0.2, -0.15) is 0 Å². The Kier molecular flexibility index (Phi) is 5.07. The van der Waals surface area contributed by atoms with Crippen molar-refractivity contribution in [1.29, 1.82) is 0 Å². The number of amides is 2. The highest BCUT2D eigenvalue weighted by atomic mass is 16.2. The average Bonchev–Trinajstić information content (AvgIpc) is 3.35. The van der Waals surface area contributed by atoms with Crippen molar-refractivity contribution in [2.75, 3.05) is 28.2 Å². The van der Waals surface area contributed by atoms with Gasteiger partial charge in [0, 0.05) is 36.2 Å². The molecule has 1 fully saturated rings. The van der Waals surface area contributed by atoms with E-state index in [0.29, 0.717) is 5.69 Å². The van der Waals surface area contributed by atoms with Crippen LogP contribution in [0.3, 0.4) is 0 Å². The molecule has 2 aliphatic heterocycles. The SMILES string of the molecule is CC1Cc2ccccc2N1C(=O)C(C)(C)C(=O)Nc1ccc(N2CCCC2)cc1. The third-order valence-electron chi connectivity index (χ3n) is 6.12. The predicted octanol–water partition coefficient (Wildman–Crippen LogP) is 4.23. The molecule has 0 bridgehead atoms. The molecule has 1 unspecified atom stereocenters. The van der Waals surface area contributed by atoms with Crippen LogP contribution in [0, 0.1) is 5.41 Å². The Bertz CT molecular complexity index is 914. The molecule has 0 radical (unpaired) electrons. The van der Waals surface area contributed by atoms with Gasteiger partial charge >= 0.3 is 0 Å². The van der Waals surface area contributed by atoms with Gasteiger partial charge in [0.15, 0.2) is 0 Å². The smallest absolute Gasteiger partial charge is 0.242 e. The van der Waals surface area contributed by atoms with Crippen molar-refractivity contribution in [1.82, 2.24) is 0 Å². The molecule has 2 amide bonds. The van der Waals surface area contributed by atoms with E-state index in [2.05, 4.69) is 10.2 Å². The lowest BCUT2D eigenvalue weighted by Gasteiger charge is -2.31. The lowest BCUT2D eigenvalue weighted by molar-refractivity contribution is -0.136. The lowest BCUT2D eigenvalue weighted by Crippen LogP contribution is -2.49. The van der Waals surface area contributed by atoms with Crippen LogP contribution in [0.1, 0.15) is 39.2 Å². The lowest BCUT2D eigenvalue weighted by atomic mass is 9.89. The van der Waals surface area contributed by atoms with Crippen molar-refractivity contribution in [3.05, 3.63) is 54.1 Å². The zero-order valence-electron chi connectivity index (χ0n) is 17.4. The van der Waals surface area contributed by atoms with Crippen LogP contribution in [0.4, 0.5) is 17.1 Å². The molecular weight excluding hydrogens is 362 g/mol. The first-order chi connectivity index (χ1) is 13.9. The number of carbonyl (C=O) groups excluding carboxylic acids is 2. The quantitative estimate of drug-likeness (QED) is 0.794. The Morgan fingerprint density at radius 1 is 1.00 bits per heavy atom. The molecule has 4 rings (SSSR count). The van der Waals surface area contributed by atoms with Crippen molar-refractivity contribution >= 4 is 28.9 Å². The third kappa shape index (κ3) is 3.61. The zero-order chi connectivity index (χ0) is 20.6. The van der Waals surface area contributed by atoms with Crippen LogP contribution in [-0.4, -0.2) is 30.9 Å². The van der Waals surface area contributed by atoms with Crippen molar-refractivity contribution in [2.24, 2.45) is 5.41 Å². The third-order valence-corrected chi connectivity index (χ3v) is 6.12. The second kappa shape index (κ2) is 7.54. The first-order valence-corrected chi connectivity index (χ1v) is 10.5. The molecule has 2 aliphatic rings. The molecular formula is C24H29N3O2. The summed E-state index contributed by atoms with van der Waals surface area (Å²) in [6.07, 6.45) is 3.28. The van der Waals surface area contributed by atoms with Gasteiger partial charge in [0.05, 0.1) is 0 Å². The number of para-hydroxylation sites is 1. The molecule has 5 heteroatoms. The van der Waals surface area contributed by atoms with E-state index in [9.17, 15) is 9.59 Å². The van der Waals surface area contributed by atoms with Gasteiger partial charge < -0.3 is 15.1 Å². The van der Waals surface area contributed by atoms with E-state index in [1.807, 2.05) is 55.5 Å². The molecule has 2 aromatic carbocycles. The number of nitrogens with one attached hydrogen (secondary N) is 1. The summed E-state index contributed by atoms with van der Waals surface area (Å²) in [6, 6.07) is 15.9. The van der Waals surface area contributed by atoms with Gasteiger partial charge in [0.2, 0.25) is 11.8 Å². The second-order valence-electron chi connectivity index (χ2n) is 8.68. The first-order valence-electron chi connectivity index (χ1n) is 10.5. The predicted molar refractivity (Wildman–Crippen MR) is 117 cm³/mol. The number of anilines is 3. The van der Waals surface area contributed by atoms with Gasteiger partial charge in [0.25, 0.3) is 0 Å². The number of fused-ring (bicyclic) bond motifs is 1. The van der Waals surface area contributed by atoms with Crippen molar-refractivity contribution in [3.8, 4) is 0 Å². The summed E-state index contributed by atoms with van der Waals surface area (Å²) in [5.41, 5.74) is 2.80. The number of rotatable bonds is 4. The summed E-state index contributed by atoms with van der Waals surface area (Å²) in [5, 5.41) is 2.94. The van der Waals surface area contributed by atoms with Crippen molar-refractivity contribution in [3.63, 3.8) is 0 Å². The van der Waals surface area contributed by atoms with E-state index in [4.69, 9.17) is 0 Å². The van der Waals surface area contributed by atoms with Crippen LogP contribution in [0.15, 0.2) is 48.5 Å². The summed E-state index contributed by atoms with van der Waals surface area (Å²) in [4.78, 5) is 30.5. The molecule has 2 heterocycles. The van der Waals surface area contributed by atoms with E-state index in [-0.39, 0.29) is 17.9 Å². The Labute approximate surface area is 172 Å². The Balaban J connectivity index is 1.48. The van der Waals surface area contributed by atoms with E-state index >= 15 is 0 Å². The number of nitrogens with zero attached hydrogens (tertiary/aromatic N) is 2. The highest BCUT2D eigenvalue weighted by Gasteiger charge is 2.43. The summed E-state index contributed by atoms with van der Waals surface area (Å²) in [7, 11) is 0. The number of benzene rings is 2. The topological polar surface area (TPSA) is 52.7 Å².